The minimum atomic E-state index is -0.199. The predicted molar refractivity (Wildman–Crippen MR) is 82.1 cm³/mol. The molecule has 0 saturated heterocycles. The summed E-state index contributed by atoms with van der Waals surface area (Å²) in [7, 11) is 1.62. The molecule has 0 aliphatic carbocycles. The molecule has 120 valence electrons. The highest BCUT2D eigenvalue weighted by molar-refractivity contribution is 5.54. The third kappa shape index (κ3) is 3.35. The summed E-state index contributed by atoms with van der Waals surface area (Å²) in [4.78, 5) is 0. The van der Waals surface area contributed by atoms with E-state index in [1.165, 1.54) is 0 Å². The summed E-state index contributed by atoms with van der Waals surface area (Å²) < 4.78 is 17.8. The topological polar surface area (TPSA) is 82.5 Å². The van der Waals surface area contributed by atoms with Crippen molar-refractivity contribution in [1.82, 2.24) is 15.0 Å². The van der Waals surface area contributed by atoms with Crippen LogP contribution in [-0.4, -0.2) is 33.8 Å². The zero-order valence-electron chi connectivity index (χ0n) is 12.7. The van der Waals surface area contributed by atoms with Gasteiger partial charge in [-0.05, 0) is 36.4 Å². The fraction of sp³-hybridized carbons (Fsp3) is 0.250. The summed E-state index contributed by atoms with van der Waals surface area (Å²) in [6.07, 6.45) is 1.57. The Morgan fingerprint density at radius 2 is 1.96 bits per heavy atom. The number of methoxy groups -OCH3 is 1. The molecule has 1 N–H and O–H groups in total. The first-order valence-corrected chi connectivity index (χ1v) is 7.15. The lowest BCUT2D eigenvalue weighted by molar-refractivity contribution is 0.277. The highest BCUT2D eigenvalue weighted by Gasteiger charge is 2.16. The van der Waals surface area contributed by atoms with E-state index in [0.29, 0.717) is 30.3 Å². The second kappa shape index (κ2) is 6.97. The van der Waals surface area contributed by atoms with Crippen molar-refractivity contribution < 1.29 is 19.0 Å². The van der Waals surface area contributed by atoms with Crippen LogP contribution in [0.1, 0.15) is 5.69 Å². The van der Waals surface area contributed by atoms with E-state index in [1.54, 1.807) is 30.2 Å². The van der Waals surface area contributed by atoms with Gasteiger partial charge in [-0.3, -0.25) is 0 Å². The summed E-state index contributed by atoms with van der Waals surface area (Å²) in [5.41, 5.74) is 1.14. The Bertz CT molecular complexity index is 735. The summed E-state index contributed by atoms with van der Waals surface area (Å²) in [5, 5.41) is 17.4. The Morgan fingerprint density at radius 3 is 2.61 bits per heavy atom. The summed E-state index contributed by atoms with van der Waals surface area (Å²) in [6.45, 7) is 0.693. The van der Waals surface area contributed by atoms with Crippen molar-refractivity contribution in [2.45, 2.75) is 13.2 Å². The molecule has 0 aliphatic heterocycles. The lowest BCUT2D eigenvalue weighted by Gasteiger charge is -2.08. The predicted octanol–water partition coefficient (Wildman–Crippen LogP) is 2.12. The van der Waals surface area contributed by atoms with Crippen LogP contribution in [0.5, 0.6) is 11.5 Å². The van der Waals surface area contributed by atoms with Gasteiger partial charge in [0.05, 0.1) is 26.5 Å². The molecule has 0 fully saturated rings. The van der Waals surface area contributed by atoms with Gasteiger partial charge in [0.2, 0.25) is 0 Å². The van der Waals surface area contributed by atoms with E-state index in [0.717, 1.165) is 11.5 Å². The number of hydrogen-bond donors (Lipinski definition) is 1. The SMILES string of the molecule is COc1ccc(OCCn2nnc(CO)c2-c2ccco2)cc1. The van der Waals surface area contributed by atoms with E-state index >= 15 is 0 Å². The molecule has 0 radical (unpaired) electrons. The molecule has 3 rings (SSSR count). The van der Waals surface area contributed by atoms with E-state index in [4.69, 9.17) is 13.9 Å². The Hall–Kier alpha value is -2.80. The Balaban J connectivity index is 1.67. The summed E-state index contributed by atoms with van der Waals surface area (Å²) in [6, 6.07) is 10.9. The lowest BCUT2D eigenvalue weighted by atomic mass is 10.2. The van der Waals surface area contributed by atoms with Gasteiger partial charge in [0.15, 0.2) is 5.76 Å². The van der Waals surface area contributed by atoms with Crippen molar-refractivity contribution in [3.63, 3.8) is 0 Å². The second-order valence-corrected chi connectivity index (χ2v) is 4.77. The van der Waals surface area contributed by atoms with Gasteiger partial charge in [-0.2, -0.15) is 0 Å². The zero-order valence-corrected chi connectivity index (χ0v) is 12.7. The van der Waals surface area contributed by atoms with Gasteiger partial charge in [0.25, 0.3) is 0 Å². The van der Waals surface area contributed by atoms with Crippen molar-refractivity contribution in [3.05, 3.63) is 48.4 Å². The first kappa shape index (κ1) is 15.1. The molecule has 23 heavy (non-hydrogen) atoms. The molecule has 1 aromatic carbocycles. The summed E-state index contributed by atoms with van der Waals surface area (Å²) >= 11 is 0. The lowest BCUT2D eigenvalue weighted by Crippen LogP contribution is -2.11. The van der Waals surface area contributed by atoms with Crippen LogP contribution in [0.4, 0.5) is 0 Å². The number of furan rings is 1. The van der Waals surface area contributed by atoms with Gasteiger partial charge in [-0.15, -0.1) is 5.10 Å². The van der Waals surface area contributed by atoms with Gasteiger partial charge < -0.3 is 19.0 Å². The minimum absolute atomic E-state index is 0.199. The Morgan fingerprint density at radius 1 is 1.17 bits per heavy atom. The van der Waals surface area contributed by atoms with Crippen molar-refractivity contribution >= 4 is 0 Å². The van der Waals surface area contributed by atoms with Crippen molar-refractivity contribution in [3.8, 4) is 23.0 Å². The fourth-order valence-electron chi connectivity index (χ4n) is 2.22. The number of aliphatic hydroxyl groups is 1. The van der Waals surface area contributed by atoms with Gasteiger partial charge in [-0.1, -0.05) is 5.21 Å². The molecule has 0 bridgehead atoms. The van der Waals surface area contributed by atoms with Gasteiger partial charge in [-0.25, -0.2) is 4.68 Å². The standard InChI is InChI=1S/C16H17N3O4/c1-21-12-4-6-13(7-5-12)22-10-8-19-16(14(11-20)17-18-19)15-3-2-9-23-15/h2-7,9,20H,8,10-11H2,1H3. The molecule has 0 spiro atoms. The number of aromatic nitrogens is 3. The molecule has 2 heterocycles. The number of rotatable bonds is 7. The number of hydrogen-bond acceptors (Lipinski definition) is 6. The molecule has 0 unspecified atom stereocenters. The zero-order chi connectivity index (χ0) is 16.1. The Kier molecular flexibility index (Phi) is 4.58. The number of ether oxygens (including phenoxy) is 2. The van der Waals surface area contributed by atoms with E-state index in [1.807, 2.05) is 24.3 Å². The second-order valence-electron chi connectivity index (χ2n) is 4.77. The Labute approximate surface area is 133 Å². The normalized spacial score (nSPS) is 10.7. The highest BCUT2D eigenvalue weighted by atomic mass is 16.5. The largest absolute Gasteiger partial charge is 0.497 e. The molecular weight excluding hydrogens is 298 g/mol. The average molecular weight is 315 g/mol. The van der Waals surface area contributed by atoms with Crippen LogP contribution in [0.25, 0.3) is 11.5 Å². The third-order valence-corrected chi connectivity index (χ3v) is 3.34. The van der Waals surface area contributed by atoms with Crippen LogP contribution < -0.4 is 9.47 Å². The molecule has 2 aromatic heterocycles. The molecule has 7 nitrogen and oxygen atoms in total. The van der Waals surface area contributed by atoms with Crippen LogP contribution in [0.15, 0.2) is 47.1 Å². The quantitative estimate of drug-likeness (QED) is 0.719. The average Bonchev–Trinajstić information content (AvgIpc) is 3.24. The molecular formula is C16H17N3O4. The maximum atomic E-state index is 9.38. The first-order chi connectivity index (χ1) is 11.3. The van der Waals surface area contributed by atoms with Crippen LogP contribution in [0.3, 0.4) is 0 Å². The van der Waals surface area contributed by atoms with Gasteiger partial charge in [0, 0.05) is 0 Å². The molecule has 0 saturated carbocycles. The van der Waals surface area contributed by atoms with Crippen molar-refractivity contribution in [2.75, 3.05) is 13.7 Å². The van der Waals surface area contributed by atoms with E-state index in [9.17, 15) is 5.11 Å². The molecule has 0 atom stereocenters. The van der Waals surface area contributed by atoms with E-state index in [-0.39, 0.29) is 6.61 Å². The molecule has 0 amide bonds. The van der Waals surface area contributed by atoms with E-state index in [2.05, 4.69) is 10.3 Å². The van der Waals surface area contributed by atoms with Gasteiger partial charge in [0.1, 0.15) is 29.5 Å². The molecule has 0 aliphatic rings. The smallest absolute Gasteiger partial charge is 0.153 e. The molecule has 3 aromatic rings. The van der Waals surface area contributed by atoms with Crippen LogP contribution >= 0.6 is 0 Å². The maximum absolute atomic E-state index is 9.38. The highest BCUT2D eigenvalue weighted by Crippen LogP contribution is 2.23. The first-order valence-electron chi connectivity index (χ1n) is 7.15. The summed E-state index contributed by atoms with van der Waals surface area (Å²) in [5.74, 6) is 2.14. The fourth-order valence-corrected chi connectivity index (χ4v) is 2.22. The van der Waals surface area contributed by atoms with Crippen LogP contribution in [0, 0.1) is 0 Å². The van der Waals surface area contributed by atoms with Gasteiger partial charge >= 0.3 is 0 Å². The number of benzene rings is 1. The van der Waals surface area contributed by atoms with Crippen molar-refractivity contribution in [1.29, 1.82) is 0 Å². The molecule has 7 heteroatoms. The van der Waals surface area contributed by atoms with Crippen LogP contribution in [-0.2, 0) is 13.2 Å². The third-order valence-electron chi connectivity index (χ3n) is 3.34. The van der Waals surface area contributed by atoms with Crippen LogP contribution in [0.2, 0.25) is 0 Å². The van der Waals surface area contributed by atoms with E-state index < -0.39 is 0 Å². The maximum Gasteiger partial charge on any atom is 0.153 e. The number of aliphatic hydroxyl groups excluding tert-OH is 1. The number of nitrogens with zero attached hydrogens (tertiary/aromatic N) is 3. The van der Waals surface area contributed by atoms with Crippen molar-refractivity contribution in [2.24, 2.45) is 0 Å². The minimum Gasteiger partial charge on any atom is -0.497 e. The monoisotopic (exact) mass is 315 g/mol.